The van der Waals surface area contributed by atoms with Crippen LogP contribution in [0.3, 0.4) is 0 Å². The van der Waals surface area contributed by atoms with Crippen LogP contribution in [0.2, 0.25) is 0 Å². The Morgan fingerprint density at radius 2 is 2.05 bits per heavy atom. The number of primary amides is 1. The first kappa shape index (κ1) is 15.2. The molecular formula is C16H25N2O2+. The van der Waals surface area contributed by atoms with Crippen LogP contribution < -0.4 is 5.32 Å². The molecule has 0 spiro atoms. The van der Waals surface area contributed by atoms with E-state index in [0.29, 0.717) is 25.6 Å². The number of quaternary nitrogens is 1. The molecule has 20 heavy (non-hydrogen) atoms. The summed E-state index contributed by atoms with van der Waals surface area (Å²) in [5, 5.41) is 12.1. The lowest BCUT2D eigenvalue weighted by Crippen LogP contribution is -2.95. The third-order valence-corrected chi connectivity index (χ3v) is 3.71. The van der Waals surface area contributed by atoms with Gasteiger partial charge in [0.25, 0.3) is 0 Å². The van der Waals surface area contributed by atoms with Gasteiger partial charge in [-0.05, 0) is 11.5 Å². The molecule has 2 rings (SSSR count). The predicted molar refractivity (Wildman–Crippen MR) is 77.9 cm³/mol. The van der Waals surface area contributed by atoms with Crippen molar-refractivity contribution in [2.45, 2.75) is 39.0 Å². The topological polar surface area (TPSA) is 57.2 Å². The van der Waals surface area contributed by atoms with Gasteiger partial charge in [-0.1, -0.05) is 44.2 Å². The molecule has 0 radical (unpaired) electrons. The standard InChI is InChI=1S/C16H24N2O2/c1-12(2)8-14-15(19)10-18(11-16(20)17-14)9-13-6-4-3-5-7-13/h3-7,12,14-15,19H,8-11H2,1-2H3,(H,17,20)/p+1/t14-,15-/m1/s1. The molecule has 0 aliphatic carbocycles. The van der Waals surface area contributed by atoms with Gasteiger partial charge in [-0.2, -0.15) is 0 Å². The van der Waals surface area contributed by atoms with Gasteiger partial charge in [-0.3, -0.25) is 10.2 Å². The van der Waals surface area contributed by atoms with Crippen molar-refractivity contribution >= 4 is 5.91 Å². The van der Waals surface area contributed by atoms with Crippen molar-refractivity contribution in [3.05, 3.63) is 35.9 Å². The van der Waals surface area contributed by atoms with Crippen LogP contribution in [-0.2, 0) is 11.3 Å². The Kier molecular flexibility index (Phi) is 5.29. The molecule has 1 fully saturated rings. The number of carbonyl (C=O) groups is 1. The Bertz CT molecular complexity index is 433. The van der Waals surface area contributed by atoms with E-state index in [1.165, 1.54) is 5.56 Å². The van der Waals surface area contributed by atoms with Crippen molar-refractivity contribution in [1.29, 1.82) is 0 Å². The Labute approximate surface area is 120 Å². The van der Waals surface area contributed by atoms with Crippen molar-refractivity contribution in [3.8, 4) is 0 Å². The van der Waals surface area contributed by atoms with Crippen LogP contribution in [-0.4, -0.2) is 41.1 Å². The predicted octanol–water partition coefficient (Wildman–Crippen LogP) is 0.368. The SMILES string of the molecule is CC(C)C[C@H]1[NH2+]C(=O)CN(Cc2ccccc2)C[C@H]1O. The monoisotopic (exact) mass is 277 g/mol. The molecule has 110 valence electrons. The van der Waals surface area contributed by atoms with Crippen LogP contribution in [0.1, 0.15) is 25.8 Å². The van der Waals surface area contributed by atoms with E-state index in [-0.39, 0.29) is 11.9 Å². The van der Waals surface area contributed by atoms with Crippen LogP contribution in [0.4, 0.5) is 0 Å². The summed E-state index contributed by atoms with van der Waals surface area (Å²) in [4.78, 5) is 14.1. The summed E-state index contributed by atoms with van der Waals surface area (Å²) in [7, 11) is 0. The normalized spacial score (nSPS) is 24.9. The quantitative estimate of drug-likeness (QED) is 0.836. The highest BCUT2D eigenvalue weighted by Gasteiger charge is 2.32. The number of nitrogens with two attached hydrogens (primary N) is 1. The summed E-state index contributed by atoms with van der Waals surface area (Å²) in [6.07, 6.45) is 0.416. The van der Waals surface area contributed by atoms with Gasteiger partial charge in [0.2, 0.25) is 0 Å². The van der Waals surface area contributed by atoms with Gasteiger partial charge in [0.05, 0.1) is 0 Å². The molecule has 1 aliphatic heterocycles. The van der Waals surface area contributed by atoms with E-state index in [0.717, 1.165) is 6.42 Å². The third-order valence-electron chi connectivity index (χ3n) is 3.71. The second-order valence-corrected chi connectivity index (χ2v) is 6.15. The van der Waals surface area contributed by atoms with Gasteiger partial charge in [-0.15, -0.1) is 0 Å². The average molecular weight is 277 g/mol. The zero-order valence-electron chi connectivity index (χ0n) is 12.3. The fraction of sp³-hybridized carbons (Fsp3) is 0.562. The van der Waals surface area contributed by atoms with E-state index >= 15 is 0 Å². The summed E-state index contributed by atoms with van der Waals surface area (Å²) in [5.74, 6) is 0.613. The summed E-state index contributed by atoms with van der Waals surface area (Å²) in [6.45, 7) is 5.93. The fourth-order valence-corrected chi connectivity index (χ4v) is 2.82. The van der Waals surface area contributed by atoms with Gasteiger partial charge in [0.1, 0.15) is 18.7 Å². The van der Waals surface area contributed by atoms with E-state index in [1.807, 2.05) is 23.1 Å². The molecule has 1 saturated heterocycles. The third kappa shape index (κ3) is 4.40. The lowest BCUT2D eigenvalue weighted by atomic mass is 9.99. The van der Waals surface area contributed by atoms with E-state index < -0.39 is 6.10 Å². The van der Waals surface area contributed by atoms with E-state index in [4.69, 9.17) is 0 Å². The van der Waals surface area contributed by atoms with Crippen LogP contribution in [0.15, 0.2) is 30.3 Å². The maximum Gasteiger partial charge on any atom is 0.324 e. The van der Waals surface area contributed by atoms with Crippen molar-refractivity contribution < 1.29 is 15.2 Å². The Hall–Kier alpha value is -1.23. The molecule has 1 aromatic rings. The van der Waals surface area contributed by atoms with Crippen LogP contribution in [0.25, 0.3) is 0 Å². The second-order valence-electron chi connectivity index (χ2n) is 6.15. The van der Waals surface area contributed by atoms with Gasteiger partial charge in [0.15, 0.2) is 0 Å². The first-order valence-corrected chi connectivity index (χ1v) is 7.36. The first-order chi connectivity index (χ1) is 9.54. The first-order valence-electron chi connectivity index (χ1n) is 7.36. The number of aliphatic hydroxyl groups is 1. The molecule has 0 aromatic heterocycles. The summed E-state index contributed by atoms with van der Waals surface area (Å²) in [6, 6.07) is 10.1. The molecule has 2 atom stereocenters. The zero-order valence-corrected chi connectivity index (χ0v) is 12.3. The molecule has 0 bridgehead atoms. The molecule has 0 unspecified atom stereocenters. The number of benzene rings is 1. The molecule has 3 N–H and O–H groups in total. The number of carbonyl (C=O) groups excluding carboxylic acids is 1. The number of nitrogens with zero attached hydrogens (tertiary/aromatic N) is 1. The highest BCUT2D eigenvalue weighted by Crippen LogP contribution is 2.11. The number of rotatable bonds is 4. The Morgan fingerprint density at radius 1 is 1.35 bits per heavy atom. The summed E-state index contributed by atoms with van der Waals surface area (Å²) >= 11 is 0. The molecular weight excluding hydrogens is 252 g/mol. The van der Waals surface area contributed by atoms with E-state index in [2.05, 4.69) is 26.0 Å². The Balaban J connectivity index is 2.00. The number of amides is 1. The number of hydrogen-bond acceptors (Lipinski definition) is 3. The number of β-amino-alcohol motifs (C(OH)–C–C–N with tert-alkyl or cyclic N) is 1. The highest BCUT2D eigenvalue weighted by atomic mass is 16.3. The molecule has 4 nitrogen and oxygen atoms in total. The molecule has 1 heterocycles. The molecule has 1 aromatic carbocycles. The lowest BCUT2D eigenvalue weighted by molar-refractivity contribution is -0.613. The van der Waals surface area contributed by atoms with Crippen LogP contribution >= 0.6 is 0 Å². The highest BCUT2D eigenvalue weighted by molar-refractivity contribution is 5.68. The van der Waals surface area contributed by atoms with E-state index in [9.17, 15) is 9.90 Å². The van der Waals surface area contributed by atoms with Gasteiger partial charge >= 0.3 is 5.91 Å². The van der Waals surface area contributed by atoms with Gasteiger partial charge in [-0.25, -0.2) is 4.79 Å². The molecule has 4 heteroatoms. The molecule has 1 aliphatic rings. The zero-order chi connectivity index (χ0) is 14.5. The maximum absolute atomic E-state index is 12.0. The van der Waals surface area contributed by atoms with Crippen molar-refractivity contribution in [1.82, 2.24) is 4.90 Å². The largest absolute Gasteiger partial charge is 0.386 e. The van der Waals surface area contributed by atoms with E-state index in [1.54, 1.807) is 5.32 Å². The summed E-state index contributed by atoms with van der Waals surface area (Å²) < 4.78 is 0. The maximum atomic E-state index is 12.0. The summed E-state index contributed by atoms with van der Waals surface area (Å²) in [5.41, 5.74) is 1.18. The number of aliphatic hydroxyl groups excluding tert-OH is 1. The second kappa shape index (κ2) is 6.97. The van der Waals surface area contributed by atoms with Gasteiger partial charge < -0.3 is 5.11 Å². The van der Waals surface area contributed by atoms with Crippen LogP contribution in [0.5, 0.6) is 0 Å². The lowest BCUT2D eigenvalue weighted by Gasteiger charge is -2.22. The minimum atomic E-state index is -0.451. The van der Waals surface area contributed by atoms with Crippen molar-refractivity contribution in [2.75, 3.05) is 13.1 Å². The van der Waals surface area contributed by atoms with Crippen molar-refractivity contribution in [2.24, 2.45) is 5.92 Å². The molecule has 1 amide bonds. The minimum absolute atomic E-state index is 0.0109. The molecule has 0 saturated carbocycles. The smallest absolute Gasteiger partial charge is 0.324 e. The van der Waals surface area contributed by atoms with Crippen molar-refractivity contribution in [3.63, 3.8) is 0 Å². The van der Waals surface area contributed by atoms with Gasteiger partial charge in [0, 0.05) is 19.5 Å². The number of hydrogen-bond donors (Lipinski definition) is 2. The minimum Gasteiger partial charge on any atom is -0.386 e. The van der Waals surface area contributed by atoms with Crippen LogP contribution in [0, 0.1) is 5.92 Å². The Morgan fingerprint density at radius 3 is 2.70 bits per heavy atom. The fourth-order valence-electron chi connectivity index (χ4n) is 2.82. The average Bonchev–Trinajstić information content (AvgIpc) is 2.49.